The first-order valence-corrected chi connectivity index (χ1v) is 9.47. The van der Waals surface area contributed by atoms with E-state index < -0.39 is 5.97 Å². The third kappa shape index (κ3) is 5.18. The van der Waals surface area contributed by atoms with E-state index in [2.05, 4.69) is 32.4 Å². The summed E-state index contributed by atoms with van der Waals surface area (Å²) in [7, 11) is 0. The number of carbonyl (C=O) groups excluding carboxylic acids is 1. The molecule has 28 heavy (non-hydrogen) atoms. The number of urea groups is 1. The molecule has 3 N–H and O–H groups in total. The van der Waals surface area contributed by atoms with Gasteiger partial charge in [-0.3, -0.25) is 0 Å². The van der Waals surface area contributed by atoms with Gasteiger partial charge in [-0.25, -0.2) is 19.6 Å². The van der Waals surface area contributed by atoms with Gasteiger partial charge in [0.05, 0.1) is 5.56 Å². The summed E-state index contributed by atoms with van der Waals surface area (Å²) in [5, 5.41) is 14.7. The summed E-state index contributed by atoms with van der Waals surface area (Å²) in [4.78, 5) is 33.8. The van der Waals surface area contributed by atoms with Crippen LogP contribution < -0.4 is 15.5 Å². The summed E-state index contributed by atoms with van der Waals surface area (Å²) in [5.74, 6) is -0.0176. The minimum atomic E-state index is -0.962. The van der Waals surface area contributed by atoms with Crippen LogP contribution in [0.1, 0.15) is 41.4 Å². The van der Waals surface area contributed by atoms with Crippen LogP contribution in [0, 0.1) is 0 Å². The molecule has 0 unspecified atom stereocenters. The van der Waals surface area contributed by atoms with Crippen molar-refractivity contribution >= 4 is 17.8 Å². The molecule has 1 aliphatic rings. The Bertz CT molecular complexity index is 817. The fourth-order valence-corrected chi connectivity index (χ4v) is 3.19. The number of nitrogens with one attached hydrogen (secondary N) is 2. The van der Waals surface area contributed by atoms with Gasteiger partial charge in [-0.15, -0.1) is 0 Å². The van der Waals surface area contributed by atoms with Crippen LogP contribution in [0.5, 0.6) is 0 Å². The fraction of sp³-hybridized carbons (Fsp3) is 0.400. The number of rotatable bonds is 6. The van der Waals surface area contributed by atoms with E-state index >= 15 is 0 Å². The van der Waals surface area contributed by atoms with Gasteiger partial charge in [-0.2, -0.15) is 0 Å². The van der Waals surface area contributed by atoms with Crippen LogP contribution >= 0.6 is 0 Å². The van der Waals surface area contributed by atoms with Gasteiger partial charge >= 0.3 is 12.0 Å². The number of aromatic carboxylic acids is 1. The number of amides is 2. The van der Waals surface area contributed by atoms with Gasteiger partial charge < -0.3 is 20.6 Å². The number of piperidine rings is 1. The molecule has 148 valence electrons. The largest absolute Gasteiger partial charge is 0.478 e. The Balaban J connectivity index is 1.42. The second-order valence-corrected chi connectivity index (χ2v) is 6.81. The molecule has 8 heteroatoms. The Morgan fingerprint density at radius 1 is 1.18 bits per heavy atom. The van der Waals surface area contributed by atoms with E-state index in [0.29, 0.717) is 6.54 Å². The van der Waals surface area contributed by atoms with Crippen LogP contribution in [0.25, 0.3) is 0 Å². The average molecular weight is 383 g/mol. The molecule has 0 radical (unpaired) electrons. The Kier molecular flexibility index (Phi) is 6.41. The van der Waals surface area contributed by atoms with Gasteiger partial charge in [-0.1, -0.05) is 19.1 Å². The number of anilines is 1. The van der Waals surface area contributed by atoms with E-state index in [1.807, 2.05) is 6.07 Å². The van der Waals surface area contributed by atoms with E-state index in [1.54, 1.807) is 18.5 Å². The van der Waals surface area contributed by atoms with Crippen LogP contribution in [0.3, 0.4) is 0 Å². The maximum absolute atomic E-state index is 12.1. The van der Waals surface area contributed by atoms with Crippen molar-refractivity contribution in [2.24, 2.45) is 0 Å². The summed E-state index contributed by atoms with van der Waals surface area (Å²) in [5.41, 5.74) is 2.11. The van der Waals surface area contributed by atoms with Crippen molar-refractivity contribution in [1.82, 2.24) is 20.6 Å². The van der Waals surface area contributed by atoms with E-state index in [4.69, 9.17) is 5.11 Å². The molecule has 0 spiro atoms. The first-order chi connectivity index (χ1) is 13.5. The zero-order valence-electron chi connectivity index (χ0n) is 15.9. The number of carbonyl (C=O) groups is 2. The average Bonchev–Trinajstić information content (AvgIpc) is 2.73. The lowest BCUT2D eigenvalue weighted by molar-refractivity contribution is 0.0697. The molecular formula is C20H25N5O3. The molecule has 0 atom stereocenters. The normalized spacial score (nSPS) is 14.5. The monoisotopic (exact) mass is 383 g/mol. The number of aryl methyl sites for hydroxylation is 1. The molecule has 0 bridgehead atoms. The van der Waals surface area contributed by atoms with E-state index in [9.17, 15) is 9.59 Å². The molecule has 2 amide bonds. The molecule has 1 aromatic carbocycles. The topological polar surface area (TPSA) is 107 Å². The van der Waals surface area contributed by atoms with Gasteiger partial charge in [0.2, 0.25) is 0 Å². The maximum atomic E-state index is 12.1. The number of hydrogen-bond acceptors (Lipinski definition) is 5. The van der Waals surface area contributed by atoms with Crippen molar-refractivity contribution < 1.29 is 14.7 Å². The minimum Gasteiger partial charge on any atom is -0.478 e. The van der Waals surface area contributed by atoms with Crippen molar-refractivity contribution in [3.63, 3.8) is 0 Å². The smallest absolute Gasteiger partial charge is 0.335 e. The molecule has 1 fully saturated rings. The molecule has 0 aliphatic carbocycles. The SMILES string of the molecule is CCc1cc(N2CCC(NC(=O)NCc3ccc(C(=O)O)cc3)CC2)ncn1. The Labute approximate surface area is 164 Å². The van der Waals surface area contributed by atoms with Gasteiger partial charge in [0.15, 0.2) is 0 Å². The van der Waals surface area contributed by atoms with Crippen molar-refractivity contribution in [2.45, 2.75) is 38.8 Å². The Morgan fingerprint density at radius 2 is 1.89 bits per heavy atom. The highest BCUT2D eigenvalue weighted by Crippen LogP contribution is 2.18. The molecule has 1 aliphatic heterocycles. The standard InChI is InChI=1S/C20H25N5O3/c1-2-16-11-18(23-13-22-16)25-9-7-17(8-10-25)24-20(28)21-12-14-3-5-15(6-4-14)19(26)27/h3-6,11,13,17H,2,7-10,12H2,1H3,(H,26,27)(H2,21,24,28). The second kappa shape index (κ2) is 9.16. The lowest BCUT2D eigenvalue weighted by Gasteiger charge is -2.33. The van der Waals surface area contributed by atoms with Gasteiger partial charge in [0.25, 0.3) is 0 Å². The molecule has 3 rings (SSSR count). The minimum absolute atomic E-state index is 0.123. The van der Waals surface area contributed by atoms with Crippen LogP contribution in [0.15, 0.2) is 36.7 Å². The lowest BCUT2D eigenvalue weighted by Crippen LogP contribution is -2.48. The molecule has 1 saturated heterocycles. The lowest BCUT2D eigenvalue weighted by atomic mass is 10.1. The van der Waals surface area contributed by atoms with E-state index in [0.717, 1.165) is 49.4 Å². The van der Waals surface area contributed by atoms with Gasteiger partial charge in [0.1, 0.15) is 12.1 Å². The summed E-state index contributed by atoms with van der Waals surface area (Å²) in [6.07, 6.45) is 4.19. The summed E-state index contributed by atoms with van der Waals surface area (Å²) in [6.45, 7) is 4.09. The number of benzene rings is 1. The zero-order valence-corrected chi connectivity index (χ0v) is 15.9. The number of carboxylic acid groups (broad SMARTS) is 1. The molecule has 2 aromatic rings. The molecule has 2 heterocycles. The first-order valence-electron chi connectivity index (χ1n) is 9.47. The Hall–Kier alpha value is -3.16. The number of aromatic nitrogens is 2. The predicted octanol–water partition coefficient (Wildman–Crippen LogP) is 2.21. The zero-order chi connectivity index (χ0) is 19.9. The summed E-state index contributed by atoms with van der Waals surface area (Å²) < 4.78 is 0. The third-order valence-corrected chi connectivity index (χ3v) is 4.88. The quantitative estimate of drug-likeness (QED) is 0.706. The first kappa shape index (κ1) is 19.6. The van der Waals surface area contributed by atoms with Crippen LogP contribution in [0.4, 0.5) is 10.6 Å². The van der Waals surface area contributed by atoms with Gasteiger partial charge in [-0.05, 0) is 37.0 Å². The predicted molar refractivity (Wildman–Crippen MR) is 105 cm³/mol. The van der Waals surface area contributed by atoms with Crippen molar-refractivity contribution in [1.29, 1.82) is 0 Å². The number of carboxylic acids is 1. The van der Waals surface area contributed by atoms with E-state index in [-0.39, 0.29) is 17.6 Å². The van der Waals surface area contributed by atoms with Crippen LogP contribution in [-0.2, 0) is 13.0 Å². The molecular weight excluding hydrogens is 358 g/mol. The Morgan fingerprint density at radius 3 is 2.54 bits per heavy atom. The maximum Gasteiger partial charge on any atom is 0.335 e. The highest BCUT2D eigenvalue weighted by molar-refractivity contribution is 5.87. The highest BCUT2D eigenvalue weighted by atomic mass is 16.4. The highest BCUT2D eigenvalue weighted by Gasteiger charge is 2.21. The summed E-state index contributed by atoms with van der Waals surface area (Å²) >= 11 is 0. The van der Waals surface area contributed by atoms with E-state index in [1.165, 1.54) is 12.1 Å². The van der Waals surface area contributed by atoms with Crippen LogP contribution in [0.2, 0.25) is 0 Å². The third-order valence-electron chi connectivity index (χ3n) is 4.88. The molecule has 8 nitrogen and oxygen atoms in total. The van der Waals surface area contributed by atoms with Crippen molar-refractivity contribution in [3.8, 4) is 0 Å². The molecule has 0 saturated carbocycles. The fourth-order valence-electron chi connectivity index (χ4n) is 3.19. The van der Waals surface area contributed by atoms with Gasteiger partial charge in [0, 0.05) is 37.4 Å². The molecule has 1 aromatic heterocycles. The van der Waals surface area contributed by atoms with Crippen LogP contribution in [-0.4, -0.2) is 46.2 Å². The number of nitrogens with zero attached hydrogens (tertiary/aromatic N) is 3. The van der Waals surface area contributed by atoms with Crippen molar-refractivity contribution in [2.75, 3.05) is 18.0 Å². The summed E-state index contributed by atoms with van der Waals surface area (Å²) in [6, 6.07) is 8.40. The second-order valence-electron chi connectivity index (χ2n) is 6.81. The number of hydrogen-bond donors (Lipinski definition) is 3. The van der Waals surface area contributed by atoms with Crippen molar-refractivity contribution in [3.05, 3.63) is 53.5 Å².